The van der Waals surface area contributed by atoms with Gasteiger partial charge >= 0.3 is 0 Å². The first-order valence-corrected chi connectivity index (χ1v) is 6.70. The minimum absolute atomic E-state index is 0.275. The van der Waals surface area contributed by atoms with Crippen molar-refractivity contribution in [1.29, 1.82) is 0 Å². The van der Waals surface area contributed by atoms with Gasteiger partial charge in [0.1, 0.15) is 18.2 Å². The molecular weight excluding hydrogens is 309 g/mol. The van der Waals surface area contributed by atoms with Gasteiger partial charge in [-0.3, -0.25) is 0 Å². The Balaban J connectivity index is 2.14. The Labute approximate surface area is 120 Å². The van der Waals surface area contributed by atoms with Crippen LogP contribution in [-0.2, 0) is 6.61 Å². The van der Waals surface area contributed by atoms with Gasteiger partial charge in [-0.25, -0.2) is 4.39 Å². The number of hydrogen-bond acceptors (Lipinski definition) is 2. The lowest BCUT2D eigenvalue weighted by atomic mass is 10.1. The zero-order chi connectivity index (χ0) is 14.0. The average Bonchev–Trinajstić information content (AvgIpc) is 2.36. The van der Waals surface area contributed by atoms with Crippen LogP contribution in [0.4, 0.5) is 10.1 Å². The third-order valence-electron chi connectivity index (χ3n) is 2.94. The molecule has 0 spiro atoms. The molecule has 2 aromatic rings. The first-order valence-electron chi connectivity index (χ1n) is 5.91. The van der Waals surface area contributed by atoms with Gasteiger partial charge in [0.05, 0.1) is 4.47 Å². The molecule has 2 aromatic carbocycles. The van der Waals surface area contributed by atoms with Crippen molar-refractivity contribution >= 4 is 21.6 Å². The fourth-order valence-corrected chi connectivity index (χ4v) is 2.18. The summed E-state index contributed by atoms with van der Waals surface area (Å²) in [6, 6.07) is 8.66. The summed E-state index contributed by atoms with van der Waals surface area (Å²) < 4.78 is 19.3. The largest absolute Gasteiger partial charge is 0.489 e. The predicted molar refractivity (Wildman–Crippen MR) is 78.8 cm³/mol. The van der Waals surface area contributed by atoms with E-state index in [4.69, 9.17) is 10.5 Å². The average molecular weight is 324 g/mol. The highest BCUT2D eigenvalue weighted by Gasteiger charge is 2.05. The fraction of sp³-hybridized carbons (Fsp3) is 0.200. The minimum Gasteiger partial charge on any atom is -0.489 e. The lowest BCUT2D eigenvalue weighted by Gasteiger charge is -2.12. The molecule has 0 unspecified atom stereocenters. The Kier molecular flexibility index (Phi) is 4.10. The number of benzene rings is 2. The van der Waals surface area contributed by atoms with E-state index in [0.29, 0.717) is 11.1 Å². The summed E-state index contributed by atoms with van der Waals surface area (Å²) in [5.41, 5.74) is 9.47. The molecule has 0 radical (unpaired) electrons. The fourth-order valence-electron chi connectivity index (χ4n) is 1.76. The van der Waals surface area contributed by atoms with Crippen LogP contribution in [0.1, 0.15) is 16.7 Å². The Bertz CT molecular complexity index is 613. The molecule has 0 heterocycles. The first kappa shape index (κ1) is 13.9. The number of aryl methyl sites for hydroxylation is 2. The molecule has 0 aliphatic heterocycles. The van der Waals surface area contributed by atoms with Crippen molar-refractivity contribution in [2.24, 2.45) is 0 Å². The third kappa shape index (κ3) is 3.26. The summed E-state index contributed by atoms with van der Waals surface area (Å²) >= 11 is 3.16. The second-order valence-corrected chi connectivity index (χ2v) is 5.37. The zero-order valence-corrected chi connectivity index (χ0v) is 12.4. The van der Waals surface area contributed by atoms with E-state index in [1.165, 1.54) is 6.07 Å². The van der Waals surface area contributed by atoms with Gasteiger partial charge in [-0.2, -0.15) is 0 Å². The number of ether oxygens (including phenoxy) is 1. The van der Waals surface area contributed by atoms with E-state index < -0.39 is 0 Å². The van der Waals surface area contributed by atoms with Gasteiger partial charge in [-0.1, -0.05) is 6.07 Å². The second kappa shape index (κ2) is 5.61. The van der Waals surface area contributed by atoms with Crippen LogP contribution in [0, 0.1) is 19.7 Å². The Morgan fingerprint density at radius 1 is 1.16 bits per heavy atom. The number of halogens is 2. The molecule has 0 aliphatic carbocycles. The van der Waals surface area contributed by atoms with Gasteiger partial charge in [-0.15, -0.1) is 0 Å². The SMILES string of the molecule is Cc1cc(OCc2ccc(F)c(Br)c2)c(C)cc1N. The molecule has 0 saturated carbocycles. The molecule has 0 aromatic heterocycles. The molecule has 4 heteroatoms. The van der Waals surface area contributed by atoms with Crippen LogP contribution in [0.3, 0.4) is 0 Å². The number of nitrogens with two attached hydrogens (primary N) is 1. The van der Waals surface area contributed by atoms with Crippen LogP contribution in [0.5, 0.6) is 5.75 Å². The number of nitrogen functional groups attached to an aromatic ring is 1. The topological polar surface area (TPSA) is 35.2 Å². The number of anilines is 1. The van der Waals surface area contributed by atoms with Crippen LogP contribution < -0.4 is 10.5 Å². The maximum atomic E-state index is 13.1. The lowest BCUT2D eigenvalue weighted by molar-refractivity contribution is 0.303. The van der Waals surface area contributed by atoms with Crippen molar-refractivity contribution in [3.05, 3.63) is 57.3 Å². The van der Waals surface area contributed by atoms with E-state index in [9.17, 15) is 4.39 Å². The smallest absolute Gasteiger partial charge is 0.137 e. The predicted octanol–water partition coefficient (Wildman–Crippen LogP) is 4.37. The maximum absolute atomic E-state index is 13.1. The normalized spacial score (nSPS) is 10.5. The molecule has 2 rings (SSSR count). The lowest BCUT2D eigenvalue weighted by Crippen LogP contribution is -1.99. The second-order valence-electron chi connectivity index (χ2n) is 4.51. The van der Waals surface area contributed by atoms with Crippen LogP contribution in [-0.4, -0.2) is 0 Å². The van der Waals surface area contributed by atoms with Gasteiger partial charge in [-0.05, 0) is 70.7 Å². The van der Waals surface area contributed by atoms with Gasteiger partial charge in [0, 0.05) is 5.69 Å². The summed E-state index contributed by atoms with van der Waals surface area (Å²) in [5, 5.41) is 0. The standard InChI is InChI=1S/C15H15BrFNO/c1-9-6-15(10(2)5-14(9)18)19-8-11-3-4-13(17)12(16)7-11/h3-7H,8,18H2,1-2H3. The van der Waals surface area contributed by atoms with Crippen molar-refractivity contribution in [2.75, 3.05) is 5.73 Å². The maximum Gasteiger partial charge on any atom is 0.137 e. The summed E-state index contributed by atoms with van der Waals surface area (Å²) in [6.45, 7) is 4.28. The molecule has 0 fully saturated rings. The molecule has 0 saturated heterocycles. The van der Waals surface area contributed by atoms with E-state index >= 15 is 0 Å². The number of rotatable bonds is 3. The first-order chi connectivity index (χ1) is 8.97. The number of hydrogen-bond donors (Lipinski definition) is 1. The summed E-state index contributed by atoms with van der Waals surface area (Å²) in [4.78, 5) is 0. The zero-order valence-electron chi connectivity index (χ0n) is 10.8. The van der Waals surface area contributed by atoms with Gasteiger partial charge in [0.15, 0.2) is 0 Å². The van der Waals surface area contributed by atoms with Gasteiger partial charge in [0.2, 0.25) is 0 Å². The molecule has 0 amide bonds. The van der Waals surface area contributed by atoms with Crippen LogP contribution in [0.25, 0.3) is 0 Å². The quantitative estimate of drug-likeness (QED) is 0.851. The van der Waals surface area contributed by atoms with Crippen molar-refractivity contribution in [1.82, 2.24) is 0 Å². The van der Waals surface area contributed by atoms with E-state index in [-0.39, 0.29) is 5.82 Å². The van der Waals surface area contributed by atoms with E-state index in [1.807, 2.05) is 26.0 Å². The van der Waals surface area contributed by atoms with Crippen LogP contribution in [0.2, 0.25) is 0 Å². The molecular formula is C15H15BrFNO. The molecule has 19 heavy (non-hydrogen) atoms. The highest BCUT2D eigenvalue weighted by molar-refractivity contribution is 9.10. The molecule has 0 atom stereocenters. The van der Waals surface area contributed by atoms with Gasteiger partial charge in [0.25, 0.3) is 0 Å². The van der Waals surface area contributed by atoms with E-state index in [0.717, 1.165) is 28.1 Å². The molecule has 2 nitrogen and oxygen atoms in total. The molecule has 2 N–H and O–H groups in total. The Hall–Kier alpha value is -1.55. The Morgan fingerprint density at radius 2 is 1.89 bits per heavy atom. The molecule has 0 bridgehead atoms. The van der Waals surface area contributed by atoms with Crippen molar-refractivity contribution in [2.45, 2.75) is 20.5 Å². The Morgan fingerprint density at radius 3 is 2.58 bits per heavy atom. The summed E-state index contributed by atoms with van der Waals surface area (Å²) in [5.74, 6) is 0.524. The van der Waals surface area contributed by atoms with Crippen LogP contribution >= 0.6 is 15.9 Å². The van der Waals surface area contributed by atoms with Crippen molar-refractivity contribution in [3.63, 3.8) is 0 Å². The van der Waals surface area contributed by atoms with E-state index in [1.54, 1.807) is 12.1 Å². The highest BCUT2D eigenvalue weighted by Crippen LogP contribution is 2.25. The minimum atomic E-state index is -0.275. The van der Waals surface area contributed by atoms with Crippen molar-refractivity contribution < 1.29 is 9.13 Å². The van der Waals surface area contributed by atoms with Crippen molar-refractivity contribution in [3.8, 4) is 5.75 Å². The summed E-state index contributed by atoms with van der Waals surface area (Å²) in [7, 11) is 0. The molecule has 100 valence electrons. The third-order valence-corrected chi connectivity index (χ3v) is 3.55. The van der Waals surface area contributed by atoms with E-state index in [2.05, 4.69) is 15.9 Å². The van der Waals surface area contributed by atoms with Crippen LogP contribution in [0.15, 0.2) is 34.8 Å². The highest BCUT2D eigenvalue weighted by atomic mass is 79.9. The van der Waals surface area contributed by atoms with Gasteiger partial charge < -0.3 is 10.5 Å². The molecule has 0 aliphatic rings. The summed E-state index contributed by atoms with van der Waals surface area (Å²) in [6.07, 6.45) is 0. The monoisotopic (exact) mass is 323 g/mol.